The number of fused-ring (bicyclic) bond motifs is 1. The summed E-state index contributed by atoms with van der Waals surface area (Å²) in [6.45, 7) is 5.22. The molecule has 1 unspecified atom stereocenters. The first-order valence-corrected chi connectivity index (χ1v) is 5.96. The third-order valence-corrected chi connectivity index (χ3v) is 2.80. The summed E-state index contributed by atoms with van der Waals surface area (Å²) in [6.07, 6.45) is 0. The maximum atomic E-state index is 11.8. The van der Waals surface area contributed by atoms with Crippen molar-refractivity contribution in [3.8, 4) is 0 Å². The SMILES string of the molecule is CC(NC(=O)C(C)(C)N)c1cc2ccccc2o1. The normalized spacial score (nSPS) is 13.6. The Kier molecular flexibility index (Phi) is 3.13. The van der Waals surface area contributed by atoms with Gasteiger partial charge in [-0.05, 0) is 32.9 Å². The van der Waals surface area contributed by atoms with E-state index < -0.39 is 5.54 Å². The first-order valence-electron chi connectivity index (χ1n) is 5.96. The summed E-state index contributed by atoms with van der Waals surface area (Å²) in [5.74, 6) is 0.532. The standard InChI is InChI=1S/C14H18N2O2/c1-9(16-13(17)14(2,3)15)12-8-10-6-4-5-7-11(10)18-12/h4-9H,15H2,1-3H3,(H,16,17). The lowest BCUT2D eigenvalue weighted by Gasteiger charge is -2.20. The highest BCUT2D eigenvalue weighted by Gasteiger charge is 2.24. The Morgan fingerprint density at radius 1 is 1.39 bits per heavy atom. The van der Waals surface area contributed by atoms with Crippen LogP contribution in [-0.2, 0) is 4.79 Å². The van der Waals surface area contributed by atoms with E-state index in [9.17, 15) is 4.79 Å². The average molecular weight is 246 g/mol. The Balaban J connectivity index is 2.18. The number of rotatable bonds is 3. The van der Waals surface area contributed by atoms with Crippen LogP contribution in [0.1, 0.15) is 32.6 Å². The molecule has 1 heterocycles. The van der Waals surface area contributed by atoms with Crippen molar-refractivity contribution in [2.75, 3.05) is 0 Å². The topological polar surface area (TPSA) is 68.3 Å². The van der Waals surface area contributed by atoms with Crippen LogP contribution < -0.4 is 11.1 Å². The molecule has 0 fully saturated rings. The second kappa shape index (κ2) is 4.46. The van der Waals surface area contributed by atoms with E-state index in [0.29, 0.717) is 0 Å². The molecule has 96 valence electrons. The molecule has 0 aliphatic heterocycles. The van der Waals surface area contributed by atoms with Crippen molar-refractivity contribution in [3.63, 3.8) is 0 Å². The highest BCUT2D eigenvalue weighted by atomic mass is 16.3. The number of hydrogen-bond donors (Lipinski definition) is 2. The lowest BCUT2D eigenvalue weighted by molar-refractivity contribution is -0.126. The number of benzene rings is 1. The number of para-hydroxylation sites is 1. The van der Waals surface area contributed by atoms with Gasteiger partial charge in [0.05, 0.1) is 11.6 Å². The number of nitrogens with two attached hydrogens (primary N) is 1. The van der Waals surface area contributed by atoms with Gasteiger partial charge in [0.25, 0.3) is 0 Å². The van der Waals surface area contributed by atoms with Crippen molar-refractivity contribution < 1.29 is 9.21 Å². The van der Waals surface area contributed by atoms with Gasteiger partial charge in [0.15, 0.2) is 0 Å². The van der Waals surface area contributed by atoms with Gasteiger partial charge in [-0.3, -0.25) is 4.79 Å². The molecule has 4 nitrogen and oxygen atoms in total. The van der Waals surface area contributed by atoms with E-state index in [2.05, 4.69) is 5.32 Å². The van der Waals surface area contributed by atoms with Gasteiger partial charge in [-0.15, -0.1) is 0 Å². The Labute approximate surface area is 106 Å². The molecule has 3 N–H and O–H groups in total. The zero-order valence-corrected chi connectivity index (χ0v) is 10.9. The number of hydrogen-bond acceptors (Lipinski definition) is 3. The van der Waals surface area contributed by atoms with Crippen molar-refractivity contribution in [2.45, 2.75) is 32.4 Å². The highest BCUT2D eigenvalue weighted by Crippen LogP contribution is 2.23. The van der Waals surface area contributed by atoms with Crippen LogP contribution in [0.5, 0.6) is 0 Å². The number of amides is 1. The molecule has 0 spiro atoms. The van der Waals surface area contributed by atoms with Gasteiger partial charge in [0.1, 0.15) is 11.3 Å². The Hall–Kier alpha value is -1.81. The molecule has 1 atom stereocenters. The molecule has 4 heteroatoms. The summed E-state index contributed by atoms with van der Waals surface area (Å²) in [4.78, 5) is 11.8. The predicted octanol–water partition coefficient (Wildman–Crippen LogP) is 2.35. The fourth-order valence-corrected chi connectivity index (χ4v) is 1.67. The van der Waals surface area contributed by atoms with Gasteiger partial charge in [0, 0.05) is 5.39 Å². The quantitative estimate of drug-likeness (QED) is 0.873. The molecule has 0 aliphatic carbocycles. The molecule has 0 aliphatic rings. The van der Waals surface area contributed by atoms with Crippen LogP contribution in [0.15, 0.2) is 34.7 Å². The third-order valence-electron chi connectivity index (χ3n) is 2.80. The van der Waals surface area contributed by atoms with Crippen LogP contribution in [0.4, 0.5) is 0 Å². The van der Waals surface area contributed by atoms with Crippen LogP contribution in [-0.4, -0.2) is 11.4 Å². The zero-order chi connectivity index (χ0) is 13.3. The Bertz CT molecular complexity index is 533. The van der Waals surface area contributed by atoms with Crippen LogP contribution >= 0.6 is 0 Å². The fraction of sp³-hybridized carbons (Fsp3) is 0.357. The van der Waals surface area contributed by atoms with Crippen molar-refractivity contribution >= 4 is 16.9 Å². The summed E-state index contributed by atoms with van der Waals surface area (Å²) in [5, 5.41) is 3.87. The fourth-order valence-electron chi connectivity index (χ4n) is 1.67. The second-order valence-electron chi connectivity index (χ2n) is 5.10. The van der Waals surface area contributed by atoms with Crippen molar-refractivity contribution in [1.29, 1.82) is 0 Å². The zero-order valence-electron chi connectivity index (χ0n) is 10.9. The van der Waals surface area contributed by atoms with E-state index in [1.807, 2.05) is 37.3 Å². The average Bonchev–Trinajstić information content (AvgIpc) is 2.71. The highest BCUT2D eigenvalue weighted by molar-refractivity contribution is 5.85. The summed E-state index contributed by atoms with van der Waals surface area (Å²) in [6, 6.07) is 9.48. The summed E-state index contributed by atoms with van der Waals surface area (Å²) < 4.78 is 5.69. The maximum absolute atomic E-state index is 11.8. The predicted molar refractivity (Wildman–Crippen MR) is 71.0 cm³/mol. The minimum Gasteiger partial charge on any atom is -0.459 e. The number of nitrogens with one attached hydrogen (secondary N) is 1. The Morgan fingerprint density at radius 2 is 2.06 bits per heavy atom. The van der Waals surface area contributed by atoms with Crippen molar-refractivity contribution in [1.82, 2.24) is 5.32 Å². The molecule has 0 bridgehead atoms. The molecule has 0 radical (unpaired) electrons. The minimum atomic E-state index is -0.889. The van der Waals surface area contributed by atoms with Crippen LogP contribution in [0.25, 0.3) is 11.0 Å². The summed E-state index contributed by atoms with van der Waals surface area (Å²) in [7, 11) is 0. The Morgan fingerprint density at radius 3 is 2.67 bits per heavy atom. The minimum absolute atomic E-state index is 0.199. The monoisotopic (exact) mass is 246 g/mol. The van der Waals surface area contributed by atoms with E-state index in [0.717, 1.165) is 16.7 Å². The largest absolute Gasteiger partial charge is 0.459 e. The molecule has 0 saturated carbocycles. The van der Waals surface area contributed by atoms with Gasteiger partial charge < -0.3 is 15.5 Å². The van der Waals surface area contributed by atoms with Crippen molar-refractivity contribution in [2.24, 2.45) is 5.73 Å². The lowest BCUT2D eigenvalue weighted by Crippen LogP contribution is -2.49. The van der Waals surface area contributed by atoms with E-state index in [-0.39, 0.29) is 11.9 Å². The van der Waals surface area contributed by atoms with Gasteiger partial charge in [-0.2, -0.15) is 0 Å². The van der Waals surface area contributed by atoms with E-state index in [1.54, 1.807) is 13.8 Å². The molecule has 1 amide bonds. The van der Waals surface area contributed by atoms with E-state index in [4.69, 9.17) is 10.2 Å². The van der Waals surface area contributed by atoms with Crippen LogP contribution in [0.2, 0.25) is 0 Å². The lowest BCUT2D eigenvalue weighted by atomic mass is 10.1. The molecule has 0 saturated heterocycles. The molecule has 1 aromatic carbocycles. The van der Waals surface area contributed by atoms with Crippen LogP contribution in [0.3, 0.4) is 0 Å². The molecular weight excluding hydrogens is 228 g/mol. The van der Waals surface area contributed by atoms with Crippen molar-refractivity contribution in [3.05, 3.63) is 36.1 Å². The number of carbonyl (C=O) groups excluding carboxylic acids is 1. The molecule has 18 heavy (non-hydrogen) atoms. The van der Waals surface area contributed by atoms with Gasteiger partial charge in [0.2, 0.25) is 5.91 Å². The van der Waals surface area contributed by atoms with Gasteiger partial charge in [-0.25, -0.2) is 0 Å². The van der Waals surface area contributed by atoms with E-state index >= 15 is 0 Å². The third kappa shape index (κ3) is 2.54. The molecular formula is C14H18N2O2. The smallest absolute Gasteiger partial charge is 0.240 e. The summed E-state index contributed by atoms with van der Waals surface area (Å²) >= 11 is 0. The summed E-state index contributed by atoms with van der Waals surface area (Å²) in [5.41, 5.74) is 5.67. The molecule has 1 aromatic heterocycles. The second-order valence-corrected chi connectivity index (χ2v) is 5.10. The maximum Gasteiger partial charge on any atom is 0.240 e. The number of carbonyl (C=O) groups is 1. The molecule has 2 rings (SSSR count). The number of furan rings is 1. The van der Waals surface area contributed by atoms with Crippen LogP contribution in [0, 0.1) is 0 Å². The van der Waals surface area contributed by atoms with Gasteiger partial charge >= 0.3 is 0 Å². The first-order chi connectivity index (χ1) is 8.38. The van der Waals surface area contributed by atoms with E-state index in [1.165, 1.54) is 0 Å². The van der Waals surface area contributed by atoms with Gasteiger partial charge in [-0.1, -0.05) is 18.2 Å². The first kappa shape index (κ1) is 12.6. The molecule has 2 aromatic rings.